The number of halogens is 3. The Hall–Kier alpha value is -0.330. The summed E-state index contributed by atoms with van der Waals surface area (Å²) in [5.74, 6) is -2.20. The lowest BCUT2D eigenvalue weighted by Gasteiger charge is -2.03. The van der Waals surface area contributed by atoms with E-state index in [2.05, 4.69) is 15.9 Å². The maximum Gasteiger partial charge on any atom is 0.236 e. The molecule has 1 aromatic rings. The third-order valence-corrected chi connectivity index (χ3v) is 2.88. The molecule has 1 rings (SSSR count). The van der Waals surface area contributed by atoms with Crippen molar-refractivity contribution in [2.24, 2.45) is 0 Å². The molecular weight excluding hydrogens is 298 g/mol. The molecule has 0 aliphatic carbocycles. The lowest BCUT2D eigenvalue weighted by molar-refractivity contribution is 0.427. The summed E-state index contributed by atoms with van der Waals surface area (Å²) in [7, 11) is 1.16. The number of aromatic hydroxyl groups is 1. The number of rotatable bonds is 2. The van der Waals surface area contributed by atoms with Crippen LogP contribution in [-0.2, 0) is 14.8 Å². The van der Waals surface area contributed by atoms with Crippen LogP contribution in [0.2, 0.25) is 0 Å². The van der Waals surface area contributed by atoms with E-state index < -0.39 is 26.4 Å². The summed E-state index contributed by atoms with van der Waals surface area (Å²) in [5, 5.41) is 9.17. The molecule has 0 fully saturated rings. The fraction of sp³-hybridized carbons (Fsp3) is 0.143. The van der Waals surface area contributed by atoms with Gasteiger partial charge in [-0.25, -0.2) is 12.8 Å². The van der Waals surface area contributed by atoms with Crippen LogP contribution >= 0.6 is 26.6 Å². The highest BCUT2D eigenvalue weighted by Crippen LogP contribution is 2.28. The molecular formula is C7H5BrClFO3S. The number of benzene rings is 1. The molecule has 0 amide bonds. The molecule has 0 saturated carbocycles. The predicted molar refractivity (Wildman–Crippen MR) is 54.2 cm³/mol. The van der Waals surface area contributed by atoms with Crippen molar-refractivity contribution in [2.75, 3.05) is 0 Å². The minimum absolute atomic E-state index is 0.0770. The van der Waals surface area contributed by atoms with Gasteiger partial charge in [0.25, 0.3) is 0 Å². The first-order valence-corrected chi connectivity index (χ1v) is 6.66. The maximum atomic E-state index is 12.9. The molecule has 0 aliphatic heterocycles. The van der Waals surface area contributed by atoms with E-state index in [1.54, 1.807) is 0 Å². The van der Waals surface area contributed by atoms with Gasteiger partial charge in [-0.2, -0.15) is 0 Å². The van der Waals surface area contributed by atoms with Gasteiger partial charge in [-0.05, 0) is 12.1 Å². The third kappa shape index (κ3) is 3.11. The zero-order valence-electron chi connectivity index (χ0n) is 6.67. The molecule has 1 N–H and O–H groups in total. The quantitative estimate of drug-likeness (QED) is 0.853. The second-order valence-electron chi connectivity index (χ2n) is 2.58. The summed E-state index contributed by atoms with van der Waals surface area (Å²) in [4.78, 5) is 0. The van der Waals surface area contributed by atoms with Crippen molar-refractivity contribution in [1.29, 1.82) is 0 Å². The molecule has 14 heavy (non-hydrogen) atoms. The Bertz CT molecular complexity index is 460. The van der Waals surface area contributed by atoms with Gasteiger partial charge in [-0.1, -0.05) is 15.9 Å². The monoisotopic (exact) mass is 302 g/mol. The Morgan fingerprint density at radius 3 is 2.57 bits per heavy atom. The SMILES string of the molecule is O=S(=O)(Cl)Cc1cc(Br)cc(F)c1O. The molecule has 7 heteroatoms. The van der Waals surface area contributed by atoms with E-state index in [9.17, 15) is 12.8 Å². The first-order chi connectivity index (χ1) is 6.29. The van der Waals surface area contributed by atoms with Crippen LogP contribution in [0.15, 0.2) is 16.6 Å². The Kier molecular flexibility index (Phi) is 3.39. The first-order valence-electron chi connectivity index (χ1n) is 3.39. The van der Waals surface area contributed by atoms with Gasteiger partial charge < -0.3 is 5.11 Å². The van der Waals surface area contributed by atoms with Crippen LogP contribution in [0.4, 0.5) is 4.39 Å². The molecule has 0 spiro atoms. The molecule has 78 valence electrons. The molecule has 0 saturated heterocycles. The summed E-state index contributed by atoms with van der Waals surface area (Å²) in [6.07, 6.45) is 0. The smallest absolute Gasteiger partial charge is 0.236 e. The fourth-order valence-electron chi connectivity index (χ4n) is 0.915. The summed E-state index contributed by atoms with van der Waals surface area (Å²) < 4.78 is 34.6. The molecule has 0 bridgehead atoms. The van der Waals surface area contributed by atoms with E-state index in [-0.39, 0.29) is 5.56 Å². The van der Waals surface area contributed by atoms with E-state index in [1.165, 1.54) is 6.07 Å². The second-order valence-corrected chi connectivity index (χ2v) is 6.27. The van der Waals surface area contributed by atoms with E-state index in [1.807, 2.05) is 0 Å². The normalized spacial score (nSPS) is 11.6. The van der Waals surface area contributed by atoms with Gasteiger partial charge >= 0.3 is 0 Å². The van der Waals surface area contributed by atoms with Gasteiger partial charge in [-0.3, -0.25) is 0 Å². The van der Waals surface area contributed by atoms with E-state index >= 15 is 0 Å². The first kappa shape index (κ1) is 11.7. The summed E-state index contributed by atoms with van der Waals surface area (Å²) >= 11 is 2.97. The number of hydrogen-bond donors (Lipinski definition) is 1. The van der Waals surface area contributed by atoms with Crippen LogP contribution in [0, 0.1) is 5.82 Å². The minimum atomic E-state index is -3.81. The molecule has 3 nitrogen and oxygen atoms in total. The fourth-order valence-corrected chi connectivity index (χ4v) is 2.34. The maximum absolute atomic E-state index is 12.9. The van der Waals surface area contributed by atoms with Crippen molar-refractivity contribution < 1.29 is 17.9 Å². The molecule has 0 radical (unpaired) electrons. The van der Waals surface area contributed by atoms with Crippen LogP contribution in [0.5, 0.6) is 5.75 Å². The van der Waals surface area contributed by atoms with Gasteiger partial charge in [0.05, 0.1) is 5.75 Å². The lowest BCUT2D eigenvalue weighted by Crippen LogP contribution is -1.97. The molecule has 0 unspecified atom stereocenters. The van der Waals surface area contributed by atoms with Gasteiger partial charge in [0.1, 0.15) is 0 Å². The molecule has 0 heterocycles. The second kappa shape index (κ2) is 4.04. The van der Waals surface area contributed by atoms with Crippen LogP contribution in [0.1, 0.15) is 5.56 Å². The topological polar surface area (TPSA) is 54.4 Å². The van der Waals surface area contributed by atoms with Crippen molar-refractivity contribution in [2.45, 2.75) is 5.75 Å². The zero-order valence-corrected chi connectivity index (χ0v) is 9.83. The Balaban J connectivity index is 3.22. The highest BCUT2D eigenvalue weighted by Gasteiger charge is 2.15. The number of hydrogen-bond acceptors (Lipinski definition) is 3. The molecule has 1 aromatic carbocycles. The predicted octanol–water partition coefficient (Wildman–Crippen LogP) is 2.36. The Morgan fingerprint density at radius 1 is 1.50 bits per heavy atom. The van der Waals surface area contributed by atoms with Crippen molar-refractivity contribution in [3.63, 3.8) is 0 Å². The highest BCUT2D eigenvalue weighted by molar-refractivity contribution is 9.10. The van der Waals surface area contributed by atoms with Crippen molar-refractivity contribution in [3.05, 3.63) is 28.0 Å². The van der Waals surface area contributed by atoms with Crippen LogP contribution in [0.3, 0.4) is 0 Å². The Morgan fingerprint density at radius 2 is 2.07 bits per heavy atom. The van der Waals surface area contributed by atoms with Crippen LogP contribution in [-0.4, -0.2) is 13.5 Å². The van der Waals surface area contributed by atoms with Crippen LogP contribution < -0.4 is 0 Å². The van der Waals surface area contributed by atoms with Gasteiger partial charge in [0.15, 0.2) is 11.6 Å². The summed E-state index contributed by atoms with van der Waals surface area (Å²) in [6.45, 7) is 0. The van der Waals surface area contributed by atoms with E-state index in [4.69, 9.17) is 15.8 Å². The Labute approximate surface area is 93.1 Å². The van der Waals surface area contributed by atoms with E-state index in [0.29, 0.717) is 4.47 Å². The van der Waals surface area contributed by atoms with Gasteiger partial charge in [0, 0.05) is 20.7 Å². The number of phenols is 1. The van der Waals surface area contributed by atoms with Gasteiger partial charge in [-0.15, -0.1) is 0 Å². The molecule has 0 aliphatic rings. The standard InChI is InChI=1S/C7H5BrClFO3S/c8-5-1-4(3-14(9,12)13)7(11)6(10)2-5/h1-2,11H,3H2. The van der Waals surface area contributed by atoms with Gasteiger partial charge in [0.2, 0.25) is 9.05 Å². The summed E-state index contributed by atoms with van der Waals surface area (Å²) in [5.41, 5.74) is -0.0770. The van der Waals surface area contributed by atoms with E-state index in [0.717, 1.165) is 6.07 Å². The lowest BCUT2D eigenvalue weighted by atomic mass is 10.2. The molecule has 0 atom stereocenters. The third-order valence-electron chi connectivity index (χ3n) is 1.44. The highest BCUT2D eigenvalue weighted by atomic mass is 79.9. The largest absolute Gasteiger partial charge is 0.505 e. The minimum Gasteiger partial charge on any atom is -0.505 e. The average molecular weight is 304 g/mol. The molecule has 0 aromatic heterocycles. The number of phenolic OH excluding ortho intramolecular Hbond substituents is 1. The average Bonchev–Trinajstić information content (AvgIpc) is 1.96. The van der Waals surface area contributed by atoms with Crippen molar-refractivity contribution in [3.8, 4) is 5.75 Å². The zero-order chi connectivity index (χ0) is 10.9. The van der Waals surface area contributed by atoms with Crippen LogP contribution in [0.25, 0.3) is 0 Å². The van der Waals surface area contributed by atoms with Crippen molar-refractivity contribution in [1.82, 2.24) is 0 Å². The van der Waals surface area contributed by atoms with Crippen molar-refractivity contribution >= 4 is 35.7 Å². The summed E-state index contributed by atoms with van der Waals surface area (Å²) in [6, 6.07) is 2.32.